The van der Waals surface area contributed by atoms with Gasteiger partial charge in [-0.15, -0.1) is 0 Å². The predicted molar refractivity (Wildman–Crippen MR) is 225 cm³/mol. The Morgan fingerprint density at radius 3 is 2.02 bits per heavy atom. The maximum Gasteiger partial charge on any atom is 0.160 e. The van der Waals surface area contributed by atoms with E-state index in [-0.39, 0.29) is 12.0 Å². The summed E-state index contributed by atoms with van der Waals surface area (Å²) in [4.78, 5) is 10.6. The molecule has 0 amide bonds. The van der Waals surface area contributed by atoms with Crippen LogP contribution in [0.5, 0.6) is 5.75 Å². The third kappa shape index (κ3) is 6.45. The molecule has 7 aromatic rings. The molecule has 3 aliphatic rings. The summed E-state index contributed by atoms with van der Waals surface area (Å²) in [6.45, 7) is 0. The van der Waals surface area contributed by atoms with Crippen LogP contribution in [0.25, 0.3) is 61.6 Å². The fourth-order valence-corrected chi connectivity index (χ4v) is 8.14. The van der Waals surface area contributed by atoms with E-state index in [4.69, 9.17) is 14.7 Å². The monoisotopic (exact) mass is 706 g/mol. The van der Waals surface area contributed by atoms with E-state index >= 15 is 0 Å². The largest absolute Gasteiger partial charge is 0.485 e. The van der Waals surface area contributed by atoms with Crippen LogP contribution >= 0.6 is 0 Å². The zero-order chi connectivity index (χ0) is 36.6. The molecule has 55 heavy (non-hydrogen) atoms. The summed E-state index contributed by atoms with van der Waals surface area (Å²) in [5, 5.41) is 0. The molecule has 2 heterocycles. The number of hydrogen-bond acceptors (Lipinski definition) is 3. The topological polar surface area (TPSA) is 35.0 Å². The zero-order valence-electron chi connectivity index (χ0n) is 30.3. The summed E-state index contributed by atoms with van der Waals surface area (Å²) in [5.74, 6) is 1.92. The van der Waals surface area contributed by atoms with Crippen LogP contribution in [0.1, 0.15) is 30.0 Å². The lowest BCUT2D eigenvalue weighted by atomic mass is 9.84. The minimum atomic E-state index is 0.0478. The number of fused-ring (bicyclic) bond motifs is 3. The molecule has 0 saturated heterocycles. The van der Waals surface area contributed by atoms with Gasteiger partial charge in [-0.1, -0.05) is 158 Å². The fraction of sp³-hybridized carbons (Fsp3) is 0.0769. The minimum Gasteiger partial charge on any atom is -0.485 e. The van der Waals surface area contributed by atoms with Crippen molar-refractivity contribution in [1.29, 1.82) is 0 Å². The molecule has 0 radical (unpaired) electrons. The highest BCUT2D eigenvalue weighted by Crippen LogP contribution is 2.44. The number of para-hydroxylation sites is 1. The van der Waals surface area contributed by atoms with Crippen molar-refractivity contribution in [2.45, 2.75) is 24.9 Å². The van der Waals surface area contributed by atoms with Gasteiger partial charge in [-0.05, 0) is 99.4 Å². The molecular formula is C52H38N2O. The molecule has 3 heteroatoms. The third-order valence-electron chi connectivity index (χ3n) is 10.9. The Kier molecular flexibility index (Phi) is 8.46. The molecule has 0 spiro atoms. The number of ether oxygens (including phenoxy) is 1. The Morgan fingerprint density at radius 1 is 0.509 bits per heavy atom. The van der Waals surface area contributed by atoms with E-state index in [0.717, 1.165) is 58.1 Å². The van der Waals surface area contributed by atoms with E-state index in [9.17, 15) is 0 Å². The minimum absolute atomic E-state index is 0.0478. The van der Waals surface area contributed by atoms with Gasteiger partial charge in [-0.25, -0.2) is 9.97 Å². The summed E-state index contributed by atoms with van der Waals surface area (Å²) in [5.41, 5.74) is 15.9. The van der Waals surface area contributed by atoms with Gasteiger partial charge in [0.05, 0.1) is 11.4 Å². The summed E-state index contributed by atoms with van der Waals surface area (Å²) in [6, 6.07) is 57.8. The highest BCUT2D eigenvalue weighted by molar-refractivity contribution is 5.88. The Bertz CT molecular complexity index is 2670. The Morgan fingerprint density at radius 2 is 1.20 bits per heavy atom. The van der Waals surface area contributed by atoms with Crippen molar-refractivity contribution < 1.29 is 4.74 Å². The number of rotatable bonds is 7. The molecule has 1 aliphatic heterocycles. The average molecular weight is 707 g/mol. The van der Waals surface area contributed by atoms with Gasteiger partial charge in [0.15, 0.2) is 5.82 Å². The first kappa shape index (κ1) is 32.8. The number of allylic oxidation sites excluding steroid dienone is 6. The normalized spacial score (nSPS) is 17.0. The number of aromatic nitrogens is 2. The highest BCUT2D eigenvalue weighted by Gasteiger charge is 2.33. The van der Waals surface area contributed by atoms with Crippen LogP contribution in [0.2, 0.25) is 0 Å². The Labute approximate surface area is 322 Å². The van der Waals surface area contributed by atoms with Gasteiger partial charge in [0.2, 0.25) is 0 Å². The fourth-order valence-electron chi connectivity index (χ4n) is 8.14. The number of nitrogens with zero attached hydrogens (tertiary/aromatic N) is 2. The number of hydrogen-bond donors (Lipinski definition) is 0. The Hall–Kier alpha value is -6.84. The highest BCUT2D eigenvalue weighted by atomic mass is 16.5. The van der Waals surface area contributed by atoms with Crippen molar-refractivity contribution in [3.05, 3.63) is 217 Å². The molecule has 10 rings (SSSR count). The second-order valence-corrected chi connectivity index (χ2v) is 14.4. The van der Waals surface area contributed by atoms with Gasteiger partial charge >= 0.3 is 0 Å². The first-order chi connectivity index (χ1) is 27.2. The van der Waals surface area contributed by atoms with Crippen molar-refractivity contribution in [3.63, 3.8) is 0 Å². The quantitative estimate of drug-likeness (QED) is 0.165. The molecule has 0 fully saturated rings. The van der Waals surface area contributed by atoms with Crippen LogP contribution in [0, 0.1) is 0 Å². The van der Waals surface area contributed by atoms with Gasteiger partial charge < -0.3 is 4.74 Å². The molecule has 2 atom stereocenters. The van der Waals surface area contributed by atoms with Crippen molar-refractivity contribution in [2.24, 2.45) is 0 Å². The van der Waals surface area contributed by atoms with Gasteiger partial charge in [-0.3, -0.25) is 0 Å². The number of benzene rings is 6. The smallest absolute Gasteiger partial charge is 0.160 e. The van der Waals surface area contributed by atoms with E-state index < -0.39 is 0 Å². The zero-order valence-corrected chi connectivity index (χ0v) is 30.3. The van der Waals surface area contributed by atoms with Crippen molar-refractivity contribution in [2.75, 3.05) is 0 Å². The molecule has 2 aliphatic carbocycles. The summed E-state index contributed by atoms with van der Waals surface area (Å²) >= 11 is 0. The maximum absolute atomic E-state index is 6.26. The second-order valence-electron chi connectivity index (χ2n) is 14.4. The van der Waals surface area contributed by atoms with Crippen molar-refractivity contribution in [3.8, 4) is 61.8 Å². The molecule has 6 aromatic carbocycles. The molecule has 0 bridgehead atoms. The van der Waals surface area contributed by atoms with E-state index in [1.54, 1.807) is 0 Å². The summed E-state index contributed by atoms with van der Waals surface area (Å²) in [6.07, 6.45) is 13.4. The summed E-state index contributed by atoms with van der Waals surface area (Å²) in [7, 11) is 0. The first-order valence-corrected chi connectivity index (χ1v) is 19.1. The van der Waals surface area contributed by atoms with Crippen LogP contribution in [-0.4, -0.2) is 16.1 Å². The van der Waals surface area contributed by atoms with E-state index in [1.165, 1.54) is 44.5 Å². The SMILES string of the molecule is C1=CC2Oc3ccccc3C2C=C1C1=CCCC(c2cc(-c3ccccc3)nc(-c3ccc(-c4cccc(-c5ccccc5)c4)c(-c4ccccc4)c3)n2)=C1. The third-order valence-corrected chi connectivity index (χ3v) is 10.9. The van der Waals surface area contributed by atoms with E-state index in [1.807, 2.05) is 6.07 Å². The van der Waals surface area contributed by atoms with Gasteiger partial charge in [0.25, 0.3) is 0 Å². The van der Waals surface area contributed by atoms with Crippen molar-refractivity contribution >= 4 is 5.57 Å². The van der Waals surface area contributed by atoms with Gasteiger partial charge in [-0.2, -0.15) is 0 Å². The molecule has 3 nitrogen and oxygen atoms in total. The standard InChI is InChI=1S/C52H38N2O/c1-4-14-35(15-5-1)38-20-12-22-41(30-38)44-28-26-43(33-46(44)36-16-6-2-7-17-36)52-53-48(37-18-8-3-9-19-37)34-49(54-52)42-23-13-21-39(31-42)40-27-29-51-47(32-40)45-24-10-11-25-50(45)55-51/h1-12,14-22,24-34,47,51H,13,23H2. The molecule has 0 N–H and O–H groups in total. The van der Waals surface area contributed by atoms with Crippen LogP contribution < -0.4 is 4.74 Å². The van der Waals surface area contributed by atoms with E-state index in [0.29, 0.717) is 0 Å². The first-order valence-electron chi connectivity index (χ1n) is 19.1. The van der Waals surface area contributed by atoms with Crippen molar-refractivity contribution in [1.82, 2.24) is 9.97 Å². The second kappa shape index (κ2) is 14.2. The molecule has 262 valence electrons. The van der Waals surface area contributed by atoms with Crippen LogP contribution in [0.15, 0.2) is 205 Å². The lowest BCUT2D eigenvalue weighted by molar-refractivity contribution is 0.268. The van der Waals surface area contributed by atoms with Gasteiger partial charge in [0, 0.05) is 22.6 Å². The molecule has 1 aromatic heterocycles. The lowest BCUT2D eigenvalue weighted by Crippen LogP contribution is -2.17. The average Bonchev–Trinajstić information content (AvgIpc) is 3.65. The van der Waals surface area contributed by atoms with Crippen LogP contribution in [0.4, 0.5) is 0 Å². The van der Waals surface area contributed by atoms with E-state index in [2.05, 4.69) is 188 Å². The molecular weight excluding hydrogens is 669 g/mol. The van der Waals surface area contributed by atoms with Crippen LogP contribution in [0.3, 0.4) is 0 Å². The van der Waals surface area contributed by atoms with Crippen LogP contribution in [-0.2, 0) is 0 Å². The molecule has 2 unspecified atom stereocenters. The molecule has 0 saturated carbocycles. The predicted octanol–water partition coefficient (Wildman–Crippen LogP) is 13.0. The lowest BCUT2D eigenvalue weighted by Gasteiger charge is -2.21. The summed E-state index contributed by atoms with van der Waals surface area (Å²) < 4.78 is 6.26. The Balaban J connectivity index is 1.07. The maximum atomic E-state index is 6.26. The van der Waals surface area contributed by atoms with Gasteiger partial charge in [0.1, 0.15) is 11.9 Å².